The molecule has 202 valence electrons. The van der Waals surface area contributed by atoms with Gasteiger partial charge < -0.3 is 9.47 Å². The highest BCUT2D eigenvalue weighted by Gasteiger charge is 2.67. The number of nitrogens with one attached hydrogen (secondary N) is 1. The summed E-state index contributed by atoms with van der Waals surface area (Å²) in [6, 6.07) is 25.5. The van der Waals surface area contributed by atoms with Gasteiger partial charge in [-0.25, -0.2) is 5.43 Å². The minimum absolute atomic E-state index is 0.0130. The van der Waals surface area contributed by atoms with Crippen LogP contribution in [0.4, 0.5) is 0 Å². The average Bonchev–Trinajstić information content (AvgIpc) is 3.51. The molecule has 0 aromatic heterocycles. The van der Waals surface area contributed by atoms with Crippen molar-refractivity contribution in [2.45, 2.75) is 37.0 Å². The maximum atomic E-state index is 14.3. The molecule has 0 saturated carbocycles. The van der Waals surface area contributed by atoms with E-state index in [4.69, 9.17) is 9.47 Å². The van der Waals surface area contributed by atoms with Crippen LogP contribution in [0.3, 0.4) is 0 Å². The Morgan fingerprint density at radius 2 is 1.52 bits per heavy atom. The molecule has 0 spiro atoms. The molecule has 2 atom stereocenters. The Labute approximate surface area is 232 Å². The fourth-order valence-corrected chi connectivity index (χ4v) is 7.23. The number of likely N-dealkylation sites (tertiary alicyclic amines) is 1. The van der Waals surface area contributed by atoms with Gasteiger partial charge in [-0.15, -0.1) is 0 Å². The minimum Gasteiger partial charge on any atom is -0.347 e. The van der Waals surface area contributed by atoms with Gasteiger partial charge in [-0.3, -0.25) is 19.3 Å². The van der Waals surface area contributed by atoms with Gasteiger partial charge in [-0.1, -0.05) is 78.9 Å². The van der Waals surface area contributed by atoms with Gasteiger partial charge in [-0.05, 0) is 34.7 Å². The largest absolute Gasteiger partial charge is 0.347 e. The molecule has 2 fully saturated rings. The van der Waals surface area contributed by atoms with Gasteiger partial charge in [0, 0.05) is 12.1 Å². The third-order valence-corrected chi connectivity index (χ3v) is 8.80. The highest BCUT2D eigenvalue weighted by molar-refractivity contribution is 6.11. The van der Waals surface area contributed by atoms with Gasteiger partial charge in [0.1, 0.15) is 0 Å². The number of rotatable bonds is 6. The summed E-state index contributed by atoms with van der Waals surface area (Å²) in [5.74, 6) is -3.23. The molecule has 0 radical (unpaired) electrons. The van der Waals surface area contributed by atoms with E-state index < -0.39 is 23.0 Å². The first-order valence-corrected chi connectivity index (χ1v) is 13.6. The van der Waals surface area contributed by atoms with Crippen LogP contribution in [-0.4, -0.2) is 47.8 Å². The summed E-state index contributed by atoms with van der Waals surface area (Å²) >= 11 is 0. The van der Waals surface area contributed by atoms with Crippen LogP contribution in [0.5, 0.6) is 0 Å². The number of carbonyl (C=O) groups is 3. The van der Waals surface area contributed by atoms with Crippen LogP contribution in [0.1, 0.15) is 47.1 Å². The van der Waals surface area contributed by atoms with E-state index in [1.807, 2.05) is 78.9 Å². The zero-order valence-corrected chi connectivity index (χ0v) is 22.1. The number of hydrazone groups is 1. The minimum atomic E-state index is -1.03. The predicted molar refractivity (Wildman–Crippen MR) is 146 cm³/mol. The highest BCUT2D eigenvalue weighted by atomic mass is 16.7. The fourth-order valence-electron chi connectivity index (χ4n) is 7.23. The van der Waals surface area contributed by atoms with Crippen molar-refractivity contribution in [2.75, 3.05) is 13.2 Å². The lowest BCUT2D eigenvalue weighted by Gasteiger charge is -2.52. The van der Waals surface area contributed by atoms with Crippen molar-refractivity contribution in [3.8, 4) is 0 Å². The molecule has 8 heteroatoms. The van der Waals surface area contributed by atoms with Gasteiger partial charge in [-0.2, -0.15) is 5.10 Å². The van der Waals surface area contributed by atoms with Gasteiger partial charge in [0.25, 0.3) is 0 Å². The Balaban J connectivity index is 1.32. The maximum Gasteiger partial charge on any atom is 0.245 e. The lowest BCUT2D eigenvalue weighted by atomic mass is 9.47. The summed E-state index contributed by atoms with van der Waals surface area (Å²) in [5, 5.41) is 4.44. The Hall–Kier alpha value is -4.14. The number of carbonyl (C=O) groups excluding carboxylic acids is 3. The van der Waals surface area contributed by atoms with Crippen LogP contribution in [0.2, 0.25) is 0 Å². The van der Waals surface area contributed by atoms with Crippen molar-refractivity contribution >= 4 is 23.9 Å². The zero-order valence-electron chi connectivity index (χ0n) is 22.1. The van der Waals surface area contributed by atoms with Gasteiger partial charge in [0.15, 0.2) is 5.79 Å². The second-order valence-corrected chi connectivity index (χ2v) is 11.1. The maximum absolute atomic E-state index is 14.3. The van der Waals surface area contributed by atoms with Crippen LogP contribution < -0.4 is 5.43 Å². The van der Waals surface area contributed by atoms with Crippen LogP contribution in [0, 0.1) is 11.8 Å². The molecule has 5 aliphatic rings. The average molecular weight is 536 g/mol. The summed E-state index contributed by atoms with van der Waals surface area (Å²) in [7, 11) is 0. The van der Waals surface area contributed by atoms with Crippen molar-refractivity contribution in [1.82, 2.24) is 10.3 Å². The van der Waals surface area contributed by atoms with Crippen LogP contribution in [0.15, 0.2) is 84.0 Å². The SMILES string of the molecule is CC1(CC(=O)N/N=C\C23c4ccccc4C(c4ccccc42)[C@@H]2C(=O)N(Cc4ccccc4)C(=O)[C@@H]23)OCCO1. The van der Waals surface area contributed by atoms with E-state index in [0.29, 0.717) is 13.2 Å². The first-order valence-electron chi connectivity index (χ1n) is 13.6. The van der Waals surface area contributed by atoms with Crippen molar-refractivity contribution in [3.05, 3.63) is 107 Å². The van der Waals surface area contributed by atoms with Crippen molar-refractivity contribution < 1.29 is 23.9 Å². The molecule has 2 bridgehead atoms. The van der Waals surface area contributed by atoms with E-state index in [1.54, 1.807) is 13.1 Å². The number of benzene rings is 3. The first kappa shape index (κ1) is 24.9. The van der Waals surface area contributed by atoms with E-state index >= 15 is 0 Å². The molecule has 3 aromatic carbocycles. The van der Waals surface area contributed by atoms with E-state index in [-0.39, 0.29) is 36.6 Å². The lowest BCUT2D eigenvalue weighted by molar-refractivity contribution is -0.159. The molecule has 3 aromatic rings. The Morgan fingerprint density at radius 1 is 0.925 bits per heavy atom. The van der Waals surface area contributed by atoms with E-state index in [1.165, 1.54) is 4.90 Å². The number of ether oxygens (including phenoxy) is 2. The molecule has 8 rings (SSSR count). The number of hydrogen-bond donors (Lipinski definition) is 1. The quantitative estimate of drug-likeness (QED) is 0.296. The molecule has 2 saturated heterocycles. The second kappa shape index (κ2) is 9.21. The number of imide groups is 1. The third-order valence-electron chi connectivity index (χ3n) is 8.80. The molecule has 1 N–H and O–H groups in total. The lowest BCUT2D eigenvalue weighted by Crippen LogP contribution is -2.54. The Bertz CT molecular complexity index is 1500. The summed E-state index contributed by atoms with van der Waals surface area (Å²) in [6.45, 7) is 2.81. The van der Waals surface area contributed by atoms with Crippen molar-refractivity contribution in [2.24, 2.45) is 16.9 Å². The van der Waals surface area contributed by atoms with Crippen LogP contribution in [0.25, 0.3) is 0 Å². The smallest absolute Gasteiger partial charge is 0.245 e. The Morgan fingerprint density at radius 3 is 2.17 bits per heavy atom. The van der Waals surface area contributed by atoms with Gasteiger partial charge in [0.2, 0.25) is 17.7 Å². The van der Waals surface area contributed by atoms with Crippen molar-refractivity contribution in [1.29, 1.82) is 0 Å². The molecule has 8 nitrogen and oxygen atoms in total. The molecule has 0 unspecified atom stereocenters. The number of hydrogen-bond acceptors (Lipinski definition) is 6. The normalized spacial score (nSPS) is 27.5. The molecular formula is C32H29N3O5. The topological polar surface area (TPSA) is 97.3 Å². The number of nitrogens with zero attached hydrogens (tertiary/aromatic N) is 2. The fraction of sp³-hybridized carbons (Fsp3) is 0.312. The number of amides is 3. The van der Waals surface area contributed by atoms with Crippen molar-refractivity contribution in [3.63, 3.8) is 0 Å². The molecule has 40 heavy (non-hydrogen) atoms. The summed E-state index contributed by atoms with van der Waals surface area (Å²) in [6.07, 6.45) is 1.66. The summed E-state index contributed by atoms with van der Waals surface area (Å²) in [5.41, 5.74) is 6.42. The molecular weight excluding hydrogens is 506 g/mol. The Kier molecular flexibility index (Phi) is 5.73. The standard InChI is InChI=1S/C32H29N3O5/c1-31(39-15-16-40-31)17-25(36)34-33-19-32-23-13-7-5-11-21(23)26(22-12-6-8-14-24(22)32)27-28(32)30(38)35(29(27)37)18-20-9-3-2-4-10-20/h2-14,19,26-28H,15-18H2,1H3,(H,34,36)/b33-19-/t26?,27-,28+,32?/m0/s1. The molecule has 3 aliphatic carbocycles. The van der Waals surface area contributed by atoms with Gasteiger partial charge >= 0.3 is 0 Å². The zero-order chi connectivity index (χ0) is 27.5. The molecule has 2 heterocycles. The summed E-state index contributed by atoms with van der Waals surface area (Å²) < 4.78 is 11.1. The third kappa shape index (κ3) is 3.59. The summed E-state index contributed by atoms with van der Waals surface area (Å²) in [4.78, 5) is 42.6. The second-order valence-electron chi connectivity index (χ2n) is 11.1. The molecule has 2 aliphatic heterocycles. The van der Waals surface area contributed by atoms with Crippen LogP contribution in [-0.2, 0) is 35.8 Å². The van der Waals surface area contributed by atoms with Crippen LogP contribution >= 0.6 is 0 Å². The highest BCUT2D eigenvalue weighted by Crippen LogP contribution is 2.63. The van der Waals surface area contributed by atoms with E-state index in [2.05, 4.69) is 10.5 Å². The first-order chi connectivity index (χ1) is 19.4. The van der Waals surface area contributed by atoms with Gasteiger partial charge in [0.05, 0.1) is 43.4 Å². The predicted octanol–water partition coefficient (Wildman–Crippen LogP) is 3.49. The van der Waals surface area contributed by atoms with E-state index in [0.717, 1.165) is 27.8 Å². The molecule has 3 amide bonds. The van der Waals surface area contributed by atoms with E-state index in [9.17, 15) is 14.4 Å². The monoisotopic (exact) mass is 535 g/mol.